The van der Waals surface area contributed by atoms with Crippen molar-refractivity contribution in [3.63, 3.8) is 0 Å². The molecule has 2 rings (SSSR count). The molecule has 3 heteroatoms. The molecule has 0 amide bonds. The topological polar surface area (TPSA) is 33.3 Å². The second kappa shape index (κ2) is 6.92. The number of ether oxygens (including phenoxy) is 1. The van der Waals surface area contributed by atoms with Gasteiger partial charge in [-0.3, -0.25) is 0 Å². The van der Waals surface area contributed by atoms with Crippen LogP contribution in [0.3, 0.4) is 0 Å². The van der Waals surface area contributed by atoms with Gasteiger partial charge in [0.2, 0.25) is 0 Å². The smallest absolute Gasteiger partial charge is 0.123 e. The van der Waals surface area contributed by atoms with Crippen LogP contribution in [0.2, 0.25) is 0 Å². The Bertz CT molecular complexity index is 398. The van der Waals surface area contributed by atoms with E-state index in [9.17, 15) is 0 Å². The molecule has 1 aliphatic rings. The highest BCUT2D eigenvalue weighted by Crippen LogP contribution is 2.24. The minimum atomic E-state index is 0.542. The van der Waals surface area contributed by atoms with Crippen LogP contribution < -0.4 is 15.4 Å². The summed E-state index contributed by atoms with van der Waals surface area (Å²) in [5, 5.41) is 6.95. The van der Waals surface area contributed by atoms with Crippen molar-refractivity contribution in [3.05, 3.63) is 29.3 Å². The third kappa shape index (κ3) is 3.95. The fraction of sp³-hybridized carbons (Fsp3) is 0.625. The van der Waals surface area contributed by atoms with Crippen molar-refractivity contribution in [1.29, 1.82) is 0 Å². The van der Waals surface area contributed by atoms with E-state index in [1.165, 1.54) is 24.1 Å². The second-order valence-corrected chi connectivity index (χ2v) is 5.72. The normalized spacial score (nSPS) is 19.1. The van der Waals surface area contributed by atoms with Crippen molar-refractivity contribution in [2.45, 2.75) is 32.7 Å². The maximum Gasteiger partial charge on any atom is 0.123 e. The van der Waals surface area contributed by atoms with Gasteiger partial charge in [-0.1, -0.05) is 26.0 Å². The van der Waals surface area contributed by atoms with Crippen LogP contribution in [0.5, 0.6) is 5.75 Å². The van der Waals surface area contributed by atoms with Gasteiger partial charge in [0, 0.05) is 12.1 Å². The average molecular weight is 262 g/mol. The first-order valence-corrected chi connectivity index (χ1v) is 7.29. The van der Waals surface area contributed by atoms with Crippen molar-refractivity contribution < 1.29 is 4.74 Å². The molecule has 1 saturated heterocycles. The molecule has 0 aliphatic carbocycles. The molecule has 0 saturated carbocycles. The molecule has 3 nitrogen and oxygen atoms in total. The Labute approximate surface area is 116 Å². The molecule has 0 spiro atoms. The lowest BCUT2D eigenvalue weighted by Crippen LogP contribution is -2.24. The van der Waals surface area contributed by atoms with Gasteiger partial charge in [0.05, 0.1) is 7.11 Å². The van der Waals surface area contributed by atoms with E-state index in [4.69, 9.17) is 4.74 Å². The minimum Gasteiger partial charge on any atom is -0.496 e. The molecule has 1 unspecified atom stereocenters. The molecule has 1 aromatic rings. The molecular weight excluding hydrogens is 236 g/mol. The Kier molecular flexibility index (Phi) is 5.23. The van der Waals surface area contributed by atoms with Crippen molar-refractivity contribution in [1.82, 2.24) is 10.6 Å². The van der Waals surface area contributed by atoms with Gasteiger partial charge >= 0.3 is 0 Å². The van der Waals surface area contributed by atoms with Gasteiger partial charge < -0.3 is 15.4 Å². The molecule has 2 N–H and O–H groups in total. The zero-order chi connectivity index (χ0) is 13.7. The Hall–Kier alpha value is -1.06. The first-order chi connectivity index (χ1) is 9.20. The Balaban J connectivity index is 1.91. The molecule has 0 bridgehead atoms. The number of hydrogen-bond donors (Lipinski definition) is 2. The molecule has 1 aromatic carbocycles. The van der Waals surface area contributed by atoms with Gasteiger partial charge in [-0.25, -0.2) is 0 Å². The minimum absolute atomic E-state index is 0.542. The fourth-order valence-electron chi connectivity index (χ4n) is 2.57. The van der Waals surface area contributed by atoms with E-state index in [0.29, 0.717) is 5.92 Å². The number of benzene rings is 1. The summed E-state index contributed by atoms with van der Waals surface area (Å²) in [5.41, 5.74) is 2.58. The van der Waals surface area contributed by atoms with Crippen molar-refractivity contribution in [3.8, 4) is 5.75 Å². The Morgan fingerprint density at radius 2 is 2.26 bits per heavy atom. The first-order valence-electron chi connectivity index (χ1n) is 7.29. The quantitative estimate of drug-likeness (QED) is 0.826. The summed E-state index contributed by atoms with van der Waals surface area (Å²) in [5.74, 6) is 2.32. The monoisotopic (exact) mass is 262 g/mol. The zero-order valence-corrected chi connectivity index (χ0v) is 12.3. The van der Waals surface area contributed by atoms with E-state index < -0.39 is 0 Å². The second-order valence-electron chi connectivity index (χ2n) is 5.72. The maximum absolute atomic E-state index is 5.51. The largest absolute Gasteiger partial charge is 0.496 e. The van der Waals surface area contributed by atoms with Crippen LogP contribution in [-0.4, -0.2) is 26.7 Å². The number of nitrogens with one attached hydrogen (secondary N) is 2. The average Bonchev–Trinajstić information content (AvgIpc) is 2.92. The molecule has 0 aromatic heterocycles. The molecule has 19 heavy (non-hydrogen) atoms. The van der Waals surface area contributed by atoms with Gasteiger partial charge in [0.25, 0.3) is 0 Å². The van der Waals surface area contributed by atoms with Gasteiger partial charge in [-0.2, -0.15) is 0 Å². The summed E-state index contributed by atoms with van der Waals surface area (Å²) in [6.45, 7) is 8.70. The van der Waals surface area contributed by atoms with Gasteiger partial charge in [0.15, 0.2) is 0 Å². The van der Waals surface area contributed by atoms with E-state index >= 15 is 0 Å². The predicted octanol–water partition coefficient (Wildman–Crippen LogP) is 2.52. The molecular formula is C16H26N2O. The van der Waals surface area contributed by atoms with Crippen molar-refractivity contribution in [2.75, 3.05) is 26.7 Å². The first kappa shape index (κ1) is 14.4. The van der Waals surface area contributed by atoms with E-state index in [0.717, 1.165) is 31.3 Å². The molecule has 106 valence electrons. The summed E-state index contributed by atoms with van der Waals surface area (Å²) in [6, 6.07) is 6.56. The summed E-state index contributed by atoms with van der Waals surface area (Å²) in [7, 11) is 1.75. The maximum atomic E-state index is 5.51. The van der Waals surface area contributed by atoms with Crippen LogP contribution >= 0.6 is 0 Å². The lowest BCUT2D eigenvalue weighted by Gasteiger charge is -2.14. The third-order valence-corrected chi connectivity index (χ3v) is 3.89. The zero-order valence-electron chi connectivity index (χ0n) is 12.3. The Morgan fingerprint density at radius 1 is 1.42 bits per heavy atom. The van der Waals surface area contributed by atoms with Crippen LogP contribution in [0.1, 0.15) is 37.3 Å². The van der Waals surface area contributed by atoms with Crippen LogP contribution in [0.4, 0.5) is 0 Å². The summed E-state index contributed by atoms with van der Waals surface area (Å²) >= 11 is 0. The highest BCUT2D eigenvalue weighted by Gasteiger charge is 2.14. The summed E-state index contributed by atoms with van der Waals surface area (Å²) in [6.07, 6.45) is 1.29. The van der Waals surface area contributed by atoms with E-state index in [1.54, 1.807) is 7.11 Å². The molecule has 1 aliphatic heterocycles. The molecule has 1 heterocycles. The summed E-state index contributed by atoms with van der Waals surface area (Å²) < 4.78 is 5.51. The molecule has 0 radical (unpaired) electrons. The van der Waals surface area contributed by atoms with Crippen LogP contribution in [0.25, 0.3) is 0 Å². The van der Waals surface area contributed by atoms with E-state index in [2.05, 4.69) is 42.7 Å². The molecule has 1 fully saturated rings. The number of rotatable bonds is 6. The number of hydrogen-bond acceptors (Lipinski definition) is 3. The number of methoxy groups -OCH3 is 1. The fourth-order valence-corrected chi connectivity index (χ4v) is 2.57. The van der Waals surface area contributed by atoms with E-state index in [-0.39, 0.29) is 0 Å². The lowest BCUT2D eigenvalue weighted by molar-refractivity contribution is 0.405. The van der Waals surface area contributed by atoms with Crippen LogP contribution in [0.15, 0.2) is 18.2 Å². The Morgan fingerprint density at radius 3 is 2.89 bits per heavy atom. The SMILES string of the molecule is COc1cc(C(C)C)ccc1CNCC1CCNC1. The van der Waals surface area contributed by atoms with Gasteiger partial charge in [0.1, 0.15) is 5.75 Å². The highest BCUT2D eigenvalue weighted by atomic mass is 16.5. The summed E-state index contributed by atoms with van der Waals surface area (Å²) in [4.78, 5) is 0. The standard InChI is InChI=1S/C16H26N2O/c1-12(2)14-4-5-15(16(8-14)19-3)11-18-10-13-6-7-17-9-13/h4-5,8,12-13,17-18H,6-7,9-11H2,1-3H3. The van der Waals surface area contributed by atoms with Crippen LogP contribution in [0, 0.1) is 5.92 Å². The lowest BCUT2D eigenvalue weighted by atomic mass is 10.0. The third-order valence-electron chi connectivity index (χ3n) is 3.89. The van der Waals surface area contributed by atoms with Crippen LogP contribution in [-0.2, 0) is 6.54 Å². The van der Waals surface area contributed by atoms with Gasteiger partial charge in [-0.05, 0) is 49.5 Å². The van der Waals surface area contributed by atoms with E-state index in [1.807, 2.05) is 0 Å². The van der Waals surface area contributed by atoms with Gasteiger partial charge in [-0.15, -0.1) is 0 Å². The van der Waals surface area contributed by atoms with Crippen molar-refractivity contribution >= 4 is 0 Å². The highest BCUT2D eigenvalue weighted by molar-refractivity contribution is 5.38. The molecule has 1 atom stereocenters. The van der Waals surface area contributed by atoms with Crippen molar-refractivity contribution in [2.24, 2.45) is 5.92 Å². The predicted molar refractivity (Wildman–Crippen MR) is 79.8 cm³/mol.